The van der Waals surface area contributed by atoms with E-state index in [9.17, 15) is 9.18 Å². The predicted octanol–water partition coefficient (Wildman–Crippen LogP) is 1.59. The van der Waals surface area contributed by atoms with Crippen molar-refractivity contribution in [3.8, 4) is 12.3 Å². The van der Waals surface area contributed by atoms with Crippen molar-refractivity contribution in [2.75, 3.05) is 18.5 Å². The van der Waals surface area contributed by atoms with Crippen LogP contribution in [0.25, 0.3) is 0 Å². The van der Waals surface area contributed by atoms with Gasteiger partial charge in [0.05, 0.1) is 12.1 Å². The van der Waals surface area contributed by atoms with E-state index in [0.29, 0.717) is 12.2 Å². The molecule has 1 aromatic carbocycles. The van der Waals surface area contributed by atoms with Crippen LogP contribution < -0.4 is 4.90 Å². The lowest BCUT2D eigenvalue weighted by molar-refractivity contribution is 0.0692. The highest BCUT2D eigenvalue weighted by Gasteiger charge is 2.11. The number of benzene rings is 1. The summed E-state index contributed by atoms with van der Waals surface area (Å²) in [4.78, 5) is 12.2. The van der Waals surface area contributed by atoms with Crippen molar-refractivity contribution in [3.05, 3.63) is 29.6 Å². The molecule has 0 aliphatic carbocycles. The molecule has 0 aromatic heterocycles. The standard InChI is InChI=1S/C11H10FNO2/c1-3-6-13(2)8-4-5-9(11(14)15)10(12)7-8/h1,4-5,7H,6H2,2H3,(H,14,15). The molecule has 0 atom stereocenters. The quantitative estimate of drug-likeness (QED) is 0.765. The first-order valence-corrected chi connectivity index (χ1v) is 4.23. The van der Waals surface area contributed by atoms with Gasteiger partial charge in [-0.15, -0.1) is 6.42 Å². The summed E-state index contributed by atoms with van der Waals surface area (Å²) in [6.45, 7) is 0.339. The van der Waals surface area contributed by atoms with Gasteiger partial charge in [-0.3, -0.25) is 0 Å². The SMILES string of the molecule is C#CCN(C)c1ccc(C(=O)O)c(F)c1. The molecular formula is C11H10FNO2. The third kappa shape index (κ3) is 2.47. The molecule has 0 unspecified atom stereocenters. The van der Waals surface area contributed by atoms with E-state index < -0.39 is 11.8 Å². The largest absolute Gasteiger partial charge is 0.478 e. The molecule has 1 aromatic rings. The molecule has 15 heavy (non-hydrogen) atoms. The van der Waals surface area contributed by atoms with Crippen LogP contribution >= 0.6 is 0 Å². The summed E-state index contributed by atoms with van der Waals surface area (Å²) < 4.78 is 13.2. The first-order chi connectivity index (χ1) is 7.06. The van der Waals surface area contributed by atoms with E-state index in [-0.39, 0.29) is 5.56 Å². The zero-order valence-corrected chi connectivity index (χ0v) is 8.20. The number of anilines is 1. The summed E-state index contributed by atoms with van der Waals surface area (Å²) in [5, 5.41) is 8.61. The van der Waals surface area contributed by atoms with Gasteiger partial charge in [-0.05, 0) is 18.2 Å². The summed E-state index contributed by atoms with van der Waals surface area (Å²) in [6.07, 6.45) is 5.10. The van der Waals surface area contributed by atoms with E-state index in [4.69, 9.17) is 11.5 Å². The molecule has 0 bridgehead atoms. The number of aromatic carboxylic acids is 1. The molecule has 78 valence electrons. The number of hydrogen-bond donors (Lipinski definition) is 1. The topological polar surface area (TPSA) is 40.5 Å². The van der Waals surface area contributed by atoms with E-state index >= 15 is 0 Å². The van der Waals surface area contributed by atoms with E-state index in [2.05, 4.69) is 5.92 Å². The summed E-state index contributed by atoms with van der Waals surface area (Å²) >= 11 is 0. The Labute approximate surface area is 87.1 Å². The minimum Gasteiger partial charge on any atom is -0.478 e. The average molecular weight is 207 g/mol. The van der Waals surface area contributed by atoms with Gasteiger partial charge < -0.3 is 10.0 Å². The summed E-state index contributed by atoms with van der Waals surface area (Å²) in [5.41, 5.74) is 0.211. The summed E-state index contributed by atoms with van der Waals surface area (Å²) in [5.74, 6) is 0.371. The Balaban J connectivity index is 3.02. The van der Waals surface area contributed by atoms with Crippen LogP contribution in [0, 0.1) is 18.2 Å². The molecule has 1 N–H and O–H groups in total. The minimum absolute atomic E-state index is 0.339. The number of hydrogen-bond acceptors (Lipinski definition) is 2. The van der Waals surface area contributed by atoms with Crippen LogP contribution in [-0.4, -0.2) is 24.7 Å². The minimum atomic E-state index is -1.28. The first kappa shape index (κ1) is 11.1. The Kier molecular flexibility index (Phi) is 3.29. The Hall–Kier alpha value is -2.02. The zero-order chi connectivity index (χ0) is 11.4. The van der Waals surface area contributed by atoms with Crippen LogP contribution in [0.15, 0.2) is 18.2 Å². The van der Waals surface area contributed by atoms with Crippen molar-refractivity contribution in [2.45, 2.75) is 0 Å². The summed E-state index contributed by atoms with van der Waals surface area (Å²) in [7, 11) is 1.70. The molecule has 0 amide bonds. The van der Waals surface area contributed by atoms with Crippen LogP contribution in [-0.2, 0) is 0 Å². The average Bonchev–Trinajstić information content (AvgIpc) is 2.17. The molecular weight excluding hydrogens is 197 g/mol. The van der Waals surface area contributed by atoms with Crippen molar-refractivity contribution in [3.63, 3.8) is 0 Å². The van der Waals surface area contributed by atoms with Gasteiger partial charge in [0.15, 0.2) is 0 Å². The lowest BCUT2D eigenvalue weighted by Gasteiger charge is -2.16. The number of carboxylic acid groups (broad SMARTS) is 1. The number of rotatable bonds is 3. The maximum atomic E-state index is 13.2. The van der Waals surface area contributed by atoms with Crippen LogP contribution in [0.1, 0.15) is 10.4 Å². The van der Waals surface area contributed by atoms with Gasteiger partial charge in [0, 0.05) is 12.7 Å². The lowest BCUT2D eigenvalue weighted by atomic mass is 10.2. The van der Waals surface area contributed by atoms with E-state index in [1.54, 1.807) is 11.9 Å². The Morgan fingerprint density at radius 3 is 2.80 bits per heavy atom. The number of nitrogens with zero attached hydrogens (tertiary/aromatic N) is 1. The zero-order valence-electron chi connectivity index (χ0n) is 8.20. The van der Waals surface area contributed by atoms with Gasteiger partial charge in [-0.25, -0.2) is 9.18 Å². The smallest absolute Gasteiger partial charge is 0.338 e. The molecule has 0 spiro atoms. The molecule has 0 radical (unpaired) electrons. The molecule has 0 aliphatic heterocycles. The highest BCUT2D eigenvalue weighted by atomic mass is 19.1. The fourth-order valence-electron chi connectivity index (χ4n) is 1.14. The van der Waals surface area contributed by atoms with Crippen molar-refractivity contribution in [2.24, 2.45) is 0 Å². The fraction of sp³-hybridized carbons (Fsp3) is 0.182. The third-order valence-electron chi connectivity index (χ3n) is 1.95. The maximum Gasteiger partial charge on any atom is 0.338 e. The second-order valence-corrected chi connectivity index (χ2v) is 3.03. The molecule has 0 heterocycles. The highest BCUT2D eigenvalue weighted by molar-refractivity contribution is 5.88. The van der Waals surface area contributed by atoms with Crippen LogP contribution in [0.2, 0.25) is 0 Å². The first-order valence-electron chi connectivity index (χ1n) is 4.23. The highest BCUT2D eigenvalue weighted by Crippen LogP contribution is 2.17. The molecule has 3 nitrogen and oxygen atoms in total. The van der Waals surface area contributed by atoms with E-state index in [1.807, 2.05) is 0 Å². The number of terminal acetylenes is 1. The third-order valence-corrected chi connectivity index (χ3v) is 1.95. The second kappa shape index (κ2) is 4.47. The molecule has 0 fully saturated rings. The van der Waals surface area contributed by atoms with Crippen LogP contribution in [0.5, 0.6) is 0 Å². The van der Waals surface area contributed by atoms with Crippen molar-refractivity contribution in [1.29, 1.82) is 0 Å². The monoisotopic (exact) mass is 207 g/mol. The Bertz CT molecular complexity index is 423. The van der Waals surface area contributed by atoms with E-state index in [0.717, 1.165) is 6.07 Å². The molecule has 0 saturated heterocycles. The van der Waals surface area contributed by atoms with E-state index in [1.165, 1.54) is 12.1 Å². The number of carbonyl (C=O) groups is 1. The lowest BCUT2D eigenvalue weighted by Crippen LogP contribution is -2.17. The van der Waals surface area contributed by atoms with Gasteiger partial charge in [0.25, 0.3) is 0 Å². The Morgan fingerprint density at radius 1 is 1.67 bits per heavy atom. The maximum absolute atomic E-state index is 13.2. The van der Waals surface area contributed by atoms with Gasteiger partial charge in [0.1, 0.15) is 5.82 Å². The molecule has 0 saturated carbocycles. The predicted molar refractivity (Wildman–Crippen MR) is 55.5 cm³/mol. The fourth-order valence-corrected chi connectivity index (χ4v) is 1.14. The summed E-state index contributed by atoms with van der Waals surface area (Å²) in [6, 6.07) is 3.89. The van der Waals surface area contributed by atoms with Gasteiger partial charge >= 0.3 is 5.97 Å². The van der Waals surface area contributed by atoms with Crippen LogP contribution in [0.4, 0.5) is 10.1 Å². The van der Waals surface area contributed by atoms with Gasteiger partial charge in [-0.1, -0.05) is 5.92 Å². The van der Waals surface area contributed by atoms with Crippen molar-refractivity contribution >= 4 is 11.7 Å². The molecule has 0 aliphatic rings. The number of halogens is 1. The second-order valence-electron chi connectivity index (χ2n) is 3.03. The molecule has 1 rings (SSSR count). The Morgan fingerprint density at radius 2 is 2.33 bits per heavy atom. The van der Waals surface area contributed by atoms with Gasteiger partial charge in [-0.2, -0.15) is 0 Å². The number of carboxylic acids is 1. The van der Waals surface area contributed by atoms with Crippen molar-refractivity contribution < 1.29 is 14.3 Å². The van der Waals surface area contributed by atoms with Crippen molar-refractivity contribution in [1.82, 2.24) is 0 Å². The molecule has 4 heteroatoms. The normalized spacial score (nSPS) is 9.40. The van der Waals surface area contributed by atoms with Gasteiger partial charge in [0.2, 0.25) is 0 Å². The van der Waals surface area contributed by atoms with Crippen LogP contribution in [0.3, 0.4) is 0 Å².